The summed E-state index contributed by atoms with van der Waals surface area (Å²) in [6, 6.07) is 0.370. The molecule has 0 spiro atoms. The second-order valence-corrected chi connectivity index (χ2v) is 9.40. The standard InChI is InChI=1S/C15H27N3O3S/c1-17(2)22(20,21)18-7-5-12(6-8-18)15(19)16-14-10-11-3-4-13(14)9-11/h11-14H,3-10H2,1-2H3,(H,16,19)/t11-,13-,14-/m1/s1. The minimum atomic E-state index is -3.34. The van der Waals surface area contributed by atoms with Gasteiger partial charge in [0.25, 0.3) is 10.2 Å². The summed E-state index contributed by atoms with van der Waals surface area (Å²) in [6.45, 7) is 0.880. The first-order valence-electron chi connectivity index (χ1n) is 8.36. The quantitative estimate of drug-likeness (QED) is 0.830. The molecule has 0 aromatic carbocycles. The Morgan fingerprint density at radius 2 is 1.77 bits per heavy atom. The largest absolute Gasteiger partial charge is 0.353 e. The molecule has 1 N–H and O–H groups in total. The fourth-order valence-corrected chi connectivity index (χ4v) is 5.44. The Morgan fingerprint density at radius 1 is 1.09 bits per heavy atom. The van der Waals surface area contributed by atoms with Crippen LogP contribution in [0.5, 0.6) is 0 Å². The first-order chi connectivity index (χ1) is 10.4. The van der Waals surface area contributed by atoms with Gasteiger partial charge in [0.05, 0.1) is 0 Å². The second kappa shape index (κ2) is 6.09. The molecule has 2 saturated carbocycles. The van der Waals surface area contributed by atoms with Crippen molar-refractivity contribution in [3.63, 3.8) is 0 Å². The Bertz CT molecular complexity index is 526. The van der Waals surface area contributed by atoms with E-state index in [9.17, 15) is 13.2 Å². The molecule has 1 heterocycles. The van der Waals surface area contributed by atoms with Crippen LogP contribution in [-0.4, -0.2) is 56.2 Å². The third kappa shape index (κ3) is 3.03. The summed E-state index contributed by atoms with van der Waals surface area (Å²) < 4.78 is 26.9. The Hall–Kier alpha value is -0.660. The molecular weight excluding hydrogens is 302 g/mol. The van der Waals surface area contributed by atoms with Gasteiger partial charge in [-0.05, 0) is 43.9 Å². The van der Waals surface area contributed by atoms with E-state index in [1.165, 1.54) is 27.9 Å². The molecule has 0 aromatic rings. The summed E-state index contributed by atoms with van der Waals surface area (Å²) in [4.78, 5) is 12.4. The predicted octanol–water partition coefficient (Wildman–Crippen LogP) is 0.810. The number of hydrogen-bond donors (Lipinski definition) is 1. The highest BCUT2D eigenvalue weighted by atomic mass is 32.2. The Labute approximate surface area is 133 Å². The van der Waals surface area contributed by atoms with Crippen LogP contribution in [0.2, 0.25) is 0 Å². The molecule has 0 aromatic heterocycles. The molecule has 1 saturated heterocycles. The number of nitrogens with one attached hydrogen (secondary N) is 1. The van der Waals surface area contributed by atoms with E-state index in [1.54, 1.807) is 14.1 Å². The van der Waals surface area contributed by atoms with Gasteiger partial charge < -0.3 is 5.32 Å². The lowest BCUT2D eigenvalue weighted by Gasteiger charge is -2.33. The third-order valence-corrected chi connectivity index (χ3v) is 7.62. The van der Waals surface area contributed by atoms with Gasteiger partial charge in [-0.25, -0.2) is 0 Å². The van der Waals surface area contributed by atoms with Crippen LogP contribution in [0.15, 0.2) is 0 Å². The number of fused-ring (bicyclic) bond motifs is 2. The number of carbonyl (C=O) groups is 1. The van der Waals surface area contributed by atoms with Gasteiger partial charge in [0.15, 0.2) is 0 Å². The molecule has 3 atom stereocenters. The van der Waals surface area contributed by atoms with Gasteiger partial charge in [-0.2, -0.15) is 17.0 Å². The van der Waals surface area contributed by atoms with Crippen LogP contribution in [0.4, 0.5) is 0 Å². The lowest BCUT2D eigenvalue weighted by atomic mass is 9.93. The topological polar surface area (TPSA) is 69.7 Å². The average molecular weight is 329 g/mol. The molecule has 22 heavy (non-hydrogen) atoms. The molecule has 3 fully saturated rings. The van der Waals surface area contributed by atoms with Crippen molar-refractivity contribution in [3.05, 3.63) is 0 Å². The normalized spacial score (nSPS) is 33.5. The maximum Gasteiger partial charge on any atom is 0.281 e. The molecule has 3 aliphatic rings. The number of piperidine rings is 1. The molecule has 3 rings (SSSR count). The Balaban J connectivity index is 1.50. The van der Waals surface area contributed by atoms with Crippen molar-refractivity contribution >= 4 is 16.1 Å². The molecule has 0 radical (unpaired) electrons. The summed E-state index contributed by atoms with van der Waals surface area (Å²) in [5, 5.41) is 3.24. The van der Waals surface area contributed by atoms with Crippen molar-refractivity contribution in [1.82, 2.24) is 13.9 Å². The summed E-state index contributed by atoms with van der Waals surface area (Å²) in [6.07, 6.45) is 6.27. The first kappa shape index (κ1) is 16.2. The van der Waals surface area contributed by atoms with Crippen molar-refractivity contribution in [2.24, 2.45) is 17.8 Å². The van der Waals surface area contributed by atoms with Crippen LogP contribution in [0.1, 0.15) is 38.5 Å². The number of nitrogens with zero attached hydrogens (tertiary/aromatic N) is 2. The van der Waals surface area contributed by atoms with E-state index >= 15 is 0 Å². The minimum Gasteiger partial charge on any atom is -0.353 e. The average Bonchev–Trinajstić information content (AvgIpc) is 3.09. The molecular formula is C15H27N3O3S. The zero-order chi connectivity index (χ0) is 15.9. The second-order valence-electron chi connectivity index (χ2n) is 7.25. The van der Waals surface area contributed by atoms with Crippen LogP contribution in [0.3, 0.4) is 0 Å². The molecule has 2 bridgehead atoms. The molecule has 2 aliphatic carbocycles. The van der Waals surface area contributed by atoms with E-state index in [0.29, 0.717) is 37.9 Å². The summed E-state index contributed by atoms with van der Waals surface area (Å²) in [7, 11) is -0.254. The number of hydrogen-bond acceptors (Lipinski definition) is 3. The maximum atomic E-state index is 12.4. The highest BCUT2D eigenvalue weighted by Gasteiger charge is 2.41. The van der Waals surface area contributed by atoms with Crippen molar-refractivity contribution in [2.75, 3.05) is 27.2 Å². The van der Waals surface area contributed by atoms with Crippen molar-refractivity contribution in [1.29, 1.82) is 0 Å². The molecule has 7 heteroatoms. The van der Waals surface area contributed by atoms with E-state index in [2.05, 4.69) is 5.32 Å². The zero-order valence-electron chi connectivity index (χ0n) is 13.5. The van der Waals surface area contributed by atoms with E-state index in [1.807, 2.05) is 0 Å². The fraction of sp³-hybridized carbons (Fsp3) is 0.933. The Kier molecular flexibility index (Phi) is 4.49. The molecule has 0 unspecified atom stereocenters. The molecule has 1 amide bonds. The van der Waals surface area contributed by atoms with Gasteiger partial charge in [0.2, 0.25) is 5.91 Å². The van der Waals surface area contributed by atoms with Gasteiger partial charge >= 0.3 is 0 Å². The summed E-state index contributed by atoms with van der Waals surface area (Å²) >= 11 is 0. The Morgan fingerprint density at radius 3 is 2.27 bits per heavy atom. The van der Waals surface area contributed by atoms with Crippen molar-refractivity contribution in [3.8, 4) is 0 Å². The molecule has 126 valence electrons. The van der Waals surface area contributed by atoms with Crippen molar-refractivity contribution < 1.29 is 13.2 Å². The van der Waals surface area contributed by atoms with E-state index in [-0.39, 0.29) is 11.8 Å². The number of carbonyl (C=O) groups excluding carboxylic acids is 1. The fourth-order valence-electron chi connectivity index (χ4n) is 4.30. The van der Waals surface area contributed by atoms with Crippen LogP contribution < -0.4 is 5.32 Å². The maximum absolute atomic E-state index is 12.4. The first-order valence-corrected chi connectivity index (χ1v) is 9.75. The van der Waals surface area contributed by atoms with Crippen LogP contribution in [0, 0.1) is 17.8 Å². The highest BCUT2D eigenvalue weighted by molar-refractivity contribution is 7.86. The lowest BCUT2D eigenvalue weighted by Crippen LogP contribution is -2.48. The molecule has 6 nitrogen and oxygen atoms in total. The minimum absolute atomic E-state index is 0.0345. The van der Waals surface area contributed by atoms with Gasteiger partial charge in [-0.15, -0.1) is 0 Å². The monoisotopic (exact) mass is 329 g/mol. The van der Waals surface area contributed by atoms with Gasteiger partial charge in [0, 0.05) is 39.1 Å². The lowest BCUT2D eigenvalue weighted by molar-refractivity contribution is -0.127. The molecule has 1 aliphatic heterocycles. The third-order valence-electron chi connectivity index (χ3n) is 5.68. The van der Waals surface area contributed by atoms with Crippen LogP contribution >= 0.6 is 0 Å². The van der Waals surface area contributed by atoms with Crippen LogP contribution in [0.25, 0.3) is 0 Å². The summed E-state index contributed by atoms with van der Waals surface area (Å²) in [5.74, 6) is 1.61. The van der Waals surface area contributed by atoms with E-state index < -0.39 is 10.2 Å². The van der Waals surface area contributed by atoms with Gasteiger partial charge in [-0.1, -0.05) is 6.42 Å². The SMILES string of the molecule is CN(C)S(=O)(=O)N1CCC(C(=O)N[C@@H]2C[C@@H]3CC[C@@H]2C3)CC1. The zero-order valence-corrected chi connectivity index (χ0v) is 14.3. The van der Waals surface area contributed by atoms with Gasteiger partial charge in [-0.3, -0.25) is 4.79 Å². The predicted molar refractivity (Wildman–Crippen MR) is 84.3 cm³/mol. The summed E-state index contributed by atoms with van der Waals surface area (Å²) in [5.41, 5.74) is 0. The van der Waals surface area contributed by atoms with Crippen LogP contribution in [-0.2, 0) is 15.0 Å². The number of rotatable bonds is 4. The smallest absolute Gasteiger partial charge is 0.281 e. The number of amides is 1. The van der Waals surface area contributed by atoms with Crippen molar-refractivity contribution in [2.45, 2.75) is 44.6 Å². The van der Waals surface area contributed by atoms with E-state index in [4.69, 9.17) is 0 Å². The van der Waals surface area contributed by atoms with E-state index in [0.717, 1.165) is 12.3 Å². The highest BCUT2D eigenvalue weighted by Crippen LogP contribution is 2.44. The van der Waals surface area contributed by atoms with Gasteiger partial charge in [0.1, 0.15) is 0 Å².